The van der Waals surface area contributed by atoms with E-state index in [-0.39, 0.29) is 5.82 Å². The minimum atomic E-state index is -0.265. The Morgan fingerprint density at radius 1 is 1.19 bits per heavy atom. The summed E-state index contributed by atoms with van der Waals surface area (Å²) in [6.45, 7) is 0.410. The third kappa shape index (κ3) is 3.07. The predicted molar refractivity (Wildman–Crippen MR) is 82.9 cm³/mol. The topological polar surface area (TPSA) is 63.8 Å². The maximum Gasteiger partial charge on any atom is 0.188 e. The van der Waals surface area contributed by atoms with Crippen molar-refractivity contribution in [2.45, 2.75) is 6.54 Å². The maximum atomic E-state index is 12.9. The van der Waals surface area contributed by atoms with Crippen LogP contribution in [0.15, 0.2) is 48.8 Å². The summed E-state index contributed by atoms with van der Waals surface area (Å²) in [7, 11) is 0. The molecular formula is C15H13FN4S. The first-order chi connectivity index (χ1) is 10.3. The maximum absolute atomic E-state index is 12.9. The second-order valence-corrected chi connectivity index (χ2v) is 5.45. The predicted octanol–water partition coefficient (Wildman–Crippen LogP) is 3.55. The lowest BCUT2D eigenvalue weighted by Crippen LogP contribution is -1.95. The van der Waals surface area contributed by atoms with Gasteiger partial charge in [0.1, 0.15) is 5.82 Å². The number of nitrogens with two attached hydrogens (primary N) is 1. The number of rotatable bonds is 4. The molecule has 0 saturated carbocycles. The highest BCUT2D eigenvalue weighted by Gasteiger charge is 2.12. The van der Waals surface area contributed by atoms with E-state index in [1.807, 2.05) is 12.1 Å². The van der Waals surface area contributed by atoms with Gasteiger partial charge in [0.15, 0.2) is 5.13 Å². The van der Waals surface area contributed by atoms with Gasteiger partial charge in [-0.1, -0.05) is 11.3 Å². The van der Waals surface area contributed by atoms with Crippen molar-refractivity contribution in [2.24, 2.45) is 5.73 Å². The zero-order chi connectivity index (χ0) is 14.7. The monoisotopic (exact) mass is 300 g/mol. The van der Waals surface area contributed by atoms with Crippen LogP contribution in [0, 0.1) is 5.82 Å². The molecule has 0 spiro atoms. The van der Waals surface area contributed by atoms with E-state index < -0.39 is 0 Å². The molecule has 3 N–H and O–H groups in total. The summed E-state index contributed by atoms with van der Waals surface area (Å²) in [5.41, 5.74) is 8.34. The minimum absolute atomic E-state index is 0.265. The van der Waals surface area contributed by atoms with Crippen LogP contribution >= 0.6 is 11.3 Å². The lowest BCUT2D eigenvalue weighted by molar-refractivity contribution is 0.628. The molecule has 1 aromatic carbocycles. The Balaban J connectivity index is 1.91. The number of hydrogen-bond acceptors (Lipinski definition) is 5. The molecule has 0 unspecified atom stereocenters. The van der Waals surface area contributed by atoms with Gasteiger partial charge in [0.05, 0.1) is 5.69 Å². The highest BCUT2D eigenvalue weighted by Crippen LogP contribution is 2.32. The van der Waals surface area contributed by atoms with Gasteiger partial charge in [-0.2, -0.15) is 0 Å². The molecule has 21 heavy (non-hydrogen) atoms. The molecule has 0 atom stereocenters. The lowest BCUT2D eigenvalue weighted by atomic mass is 10.2. The van der Waals surface area contributed by atoms with Crippen LogP contribution in [-0.4, -0.2) is 9.97 Å². The molecule has 0 aliphatic heterocycles. The molecule has 3 rings (SSSR count). The minimum Gasteiger partial charge on any atom is -0.332 e. The lowest BCUT2D eigenvalue weighted by Gasteiger charge is -2.01. The van der Waals surface area contributed by atoms with E-state index in [4.69, 9.17) is 5.73 Å². The molecular weight excluding hydrogens is 287 g/mol. The average molecular weight is 300 g/mol. The van der Waals surface area contributed by atoms with Crippen molar-refractivity contribution in [3.05, 3.63) is 59.5 Å². The van der Waals surface area contributed by atoms with Crippen molar-refractivity contribution in [3.63, 3.8) is 0 Å². The molecule has 0 fully saturated rings. The first kappa shape index (κ1) is 13.7. The number of hydrogen-bond donors (Lipinski definition) is 2. The molecule has 0 bridgehead atoms. The van der Waals surface area contributed by atoms with Gasteiger partial charge in [-0.05, 0) is 36.4 Å². The summed E-state index contributed by atoms with van der Waals surface area (Å²) in [5.74, 6) is -0.265. The quantitative estimate of drug-likeness (QED) is 0.773. The number of nitrogens with one attached hydrogen (secondary N) is 1. The number of benzene rings is 1. The van der Waals surface area contributed by atoms with Crippen LogP contribution in [0.1, 0.15) is 4.88 Å². The summed E-state index contributed by atoms with van der Waals surface area (Å²) in [6.07, 6.45) is 3.48. The Hall–Kier alpha value is -2.31. The number of anilines is 2. The summed E-state index contributed by atoms with van der Waals surface area (Å²) in [6, 6.07) is 9.96. The third-order valence-corrected chi connectivity index (χ3v) is 3.91. The van der Waals surface area contributed by atoms with Gasteiger partial charge in [-0.15, -0.1) is 0 Å². The van der Waals surface area contributed by atoms with Crippen LogP contribution in [0.3, 0.4) is 0 Å². The number of aromatic nitrogens is 2. The van der Waals surface area contributed by atoms with E-state index in [1.54, 1.807) is 24.5 Å². The van der Waals surface area contributed by atoms with E-state index in [1.165, 1.54) is 23.5 Å². The van der Waals surface area contributed by atoms with Crippen LogP contribution in [-0.2, 0) is 6.54 Å². The first-order valence-corrected chi connectivity index (χ1v) is 7.20. The Morgan fingerprint density at radius 2 is 2.00 bits per heavy atom. The normalized spacial score (nSPS) is 10.6. The van der Waals surface area contributed by atoms with E-state index >= 15 is 0 Å². The van der Waals surface area contributed by atoms with Crippen LogP contribution in [0.5, 0.6) is 0 Å². The smallest absolute Gasteiger partial charge is 0.188 e. The van der Waals surface area contributed by atoms with Crippen LogP contribution in [0.4, 0.5) is 15.2 Å². The van der Waals surface area contributed by atoms with Crippen LogP contribution < -0.4 is 11.1 Å². The van der Waals surface area contributed by atoms with Gasteiger partial charge < -0.3 is 11.1 Å². The molecule has 0 radical (unpaired) electrons. The molecule has 0 saturated heterocycles. The zero-order valence-corrected chi connectivity index (χ0v) is 11.9. The van der Waals surface area contributed by atoms with E-state index in [0.29, 0.717) is 6.54 Å². The number of pyridine rings is 1. The molecule has 2 heterocycles. The van der Waals surface area contributed by atoms with Gasteiger partial charge in [0, 0.05) is 35.1 Å². The average Bonchev–Trinajstić information content (AvgIpc) is 2.93. The van der Waals surface area contributed by atoms with Gasteiger partial charge >= 0.3 is 0 Å². The van der Waals surface area contributed by atoms with Gasteiger partial charge in [0.25, 0.3) is 0 Å². The molecule has 0 aliphatic rings. The second-order valence-electron chi connectivity index (χ2n) is 4.37. The molecule has 6 heteroatoms. The van der Waals surface area contributed by atoms with Crippen LogP contribution in [0.2, 0.25) is 0 Å². The molecule has 2 aromatic heterocycles. The summed E-state index contributed by atoms with van der Waals surface area (Å²) in [4.78, 5) is 9.64. The van der Waals surface area contributed by atoms with Gasteiger partial charge in [-0.25, -0.2) is 9.37 Å². The Morgan fingerprint density at radius 3 is 2.67 bits per heavy atom. The summed E-state index contributed by atoms with van der Waals surface area (Å²) in [5, 5.41) is 3.88. The molecule has 106 valence electrons. The number of thiazole rings is 1. The zero-order valence-electron chi connectivity index (χ0n) is 11.1. The Labute approximate surface area is 125 Å². The molecule has 4 nitrogen and oxygen atoms in total. The van der Waals surface area contributed by atoms with E-state index in [2.05, 4.69) is 15.3 Å². The Kier molecular flexibility index (Phi) is 3.89. The van der Waals surface area contributed by atoms with Crippen molar-refractivity contribution in [1.29, 1.82) is 0 Å². The fourth-order valence-corrected chi connectivity index (χ4v) is 2.81. The number of halogens is 1. The van der Waals surface area contributed by atoms with Crippen molar-refractivity contribution >= 4 is 22.2 Å². The molecule has 0 aliphatic carbocycles. The van der Waals surface area contributed by atoms with Gasteiger partial charge in [0.2, 0.25) is 0 Å². The molecule has 3 aromatic rings. The van der Waals surface area contributed by atoms with Crippen molar-refractivity contribution in [3.8, 4) is 11.3 Å². The van der Waals surface area contributed by atoms with Crippen molar-refractivity contribution < 1.29 is 4.39 Å². The first-order valence-electron chi connectivity index (χ1n) is 6.39. The second kappa shape index (κ2) is 5.99. The number of nitrogens with zero attached hydrogens (tertiary/aromatic N) is 2. The highest BCUT2D eigenvalue weighted by atomic mass is 32.1. The van der Waals surface area contributed by atoms with Crippen molar-refractivity contribution in [1.82, 2.24) is 9.97 Å². The van der Waals surface area contributed by atoms with Gasteiger partial charge in [-0.3, -0.25) is 4.98 Å². The fourth-order valence-electron chi connectivity index (χ4n) is 1.93. The summed E-state index contributed by atoms with van der Waals surface area (Å²) >= 11 is 1.48. The highest BCUT2D eigenvalue weighted by molar-refractivity contribution is 7.16. The largest absolute Gasteiger partial charge is 0.332 e. The molecule has 0 amide bonds. The SMILES string of the molecule is NCc1sc(Nc2ccc(F)cc2)nc1-c1cccnc1. The van der Waals surface area contributed by atoms with Crippen molar-refractivity contribution in [2.75, 3.05) is 5.32 Å². The van der Waals surface area contributed by atoms with E-state index in [9.17, 15) is 4.39 Å². The fraction of sp³-hybridized carbons (Fsp3) is 0.0667. The Bertz CT molecular complexity index is 725. The summed E-state index contributed by atoms with van der Waals surface area (Å²) < 4.78 is 12.9. The third-order valence-electron chi connectivity index (χ3n) is 2.91. The van der Waals surface area contributed by atoms with Crippen LogP contribution in [0.25, 0.3) is 11.3 Å². The van der Waals surface area contributed by atoms with E-state index in [0.717, 1.165) is 27.0 Å². The standard InChI is InChI=1S/C15H13FN4S/c16-11-3-5-12(6-4-11)19-15-20-14(13(8-17)21-15)10-2-1-7-18-9-10/h1-7,9H,8,17H2,(H,19,20).